The lowest BCUT2D eigenvalue weighted by atomic mass is 9.78. The van der Waals surface area contributed by atoms with Crippen LogP contribution >= 0.6 is 0 Å². The highest BCUT2D eigenvalue weighted by Crippen LogP contribution is 2.56. The summed E-state index contributed by atoms with van der Waals surface area (Å²) in [4.78, 5) is 12.6. The topological polar surface area (TPSA) is 55.8 Å². The summed E-state index contributed by atoms with van der Waals surface area (Å²) in [6.45, 7) is 8.59. The summed E-state index contributed by atoms with van der Waals surface area (Å²) in [7, 11) is 0. The summed E-state index contributed by atoms with van der Waals surface area (Å²) in [5.74, 6) is -2.02. The number of esters is 1. The lowest BCUT2D eigenvalue weighted by molar-refractivity contribution is -0.373. The zero-order chi connectivity index (χ0) is 24.0. The number of carbonyl (C=O) groups excluding carboxylic acids is 1. The first-order chi connectivity index (χ1) is 13.8. The summed E-state index contributed by atoms with van der Waals surface area (Å²) in [6, 6.07) is 0. The molecule has 2 aliphatic carbocycles. The largest absolute Gasteiger partial charge is 0.459 e. The van der Waals surface area contributed by atoms with Crippen molar-refractivity contribution in [3.8, 4) is 0 Å². The Morgan fingerprint density at radius 2 is 1.52 bits per heavy atom. The van der Waals surface area contributed by atoms with E-state index in [1.807, 2.05) is 0 Å². The number of rotatable bonds is 7. The number of aliphatic hydroxyl groups is 1. The minimum absolute atomic E-state index is 0.0399. The van der Waals surface area contributed by atoms with Gasteiger partial charge >= 0.3 is 18.3 Å². The zero-order valence-electron chi connectivity index (χ0n) is 18.5. The van der Waals surface area contributed by atoms with Gasteiger partial charge in [-0.2, -0.15) is 26.3 Å². The van der Waals surface area contributed by atoms with Gasteiger partial charge in [0, 0.05) is 0 Å². The van der Waals surface area contributed by atoms with E-state index in [1.54, 1.807) is 34.6 Å². The van der Waals surface area contributed by atoms with E-state index in [9.17, 15) is 36.2 Å². The molecule has 0 heterocycles. The molecule has 182 valence electrons. The third-order valence-electron chi connectivity index (χ3n) is 6.67. The fourth-order valence-electron chi connectivity index (χ4n) is 4.62. The van der Waals surface area contributed by atoms with Gasteiger partial charge in [-0.25, -0.2) is 0 Å². The molecule has 5 atom stereocenters. The van der Waals surface area contributed by atoms with Crippen molar-refractivity contribution >= 4 is 5.97 Å². The summed E-state index contributed by atoms with van der Waals surface area (Å²) >= 11 is 0. The number of ether oxygens (including phenoxy) is 2. The van der Waals surface area contributed by atoms with Crippen LogP contribution in [0.3, 0.4) is 0 Å². The SMILES string of the molecule is CCC(C)(COC1CC2CC(CC(O)(C(F)(F)F)C(F)(F)F)C1C2)C(=O)OC(C)(C)C. The maximum atomic E-state index is 13.1. The van der Waals surface area contributed by atoms with Crippen molar-refractivity contribution in [2.45, 2.75) is 96.4 Å². The summed E-state index contributed by atoms with van der Waals surface area (Å²) in [5.41, 5.74) is -6.43. The molecular formula is C21H32F6O4. The second-order valence-corrected chi connectivity index (χ2v) is 10.3. The van der Waals surface area contributed by atoms with E-state index < -0.39 is 59.3 Å². The quantitative estimate of drug-likeness (QED) is 0.405. The van der Waals surface area contributed by atoms with Crippen LogP contribution in [-0.4, -0.2) is 47.3 Å². The van der Waals surface area contributed by atoms with Crippen molar-refractivity contribution in [3.63, 3.8) is 0 Å². The predicted octanol–water partition coefficient (Wildman–Crippen LogP) is 5.42. The summed E-state index contributed by atoms with van der Waals surface area (Å²) < 4.78 is 90.0. The lowest BCUT2D eigenvalue weighted by Gasteiger charge is -2.39. The highest BCUT2D eigenvalue weighted by molar-refractivity contribution is 5.76. The van der Waals surface area contributed by atoms with Crippen molar-refractivity contribution < 1.29 is 45.7 Å². The van der Waals surface area contributed by atoms with Crippen molar-refractivity contribution in [1.29, 1.82) is 0 Å². The molecule has 0 spiro atoms. The van der Waals surface area contributed by atoms with Gasteiger partial charge in [0.05, 0.1) is 18.1 Å². The molecule has 2 fully saturated rings. The molecule has 4 nitrogen and oxygen atoms in total. The normalized spacial score (nSPS) is 29.2. The Labute approximate surface area is 178 Å². The van der Waals surface area contributed by atoms with Gasteiger partial charge in [-0.3, -0.25) is 4.79 Å². The van der Waals surface area contributed by atoms with Gasteiger partial charge in [0.15, 0.2) is 0 Å². The van der Waals surface area contributed by atoms with Gasteiger partial charge in [-0.05, 0) is 77.6 Å². The van der Waals surface area contributed by atoms with Crippen LogP contribution in [0.15, 0.2) is 0 Å². The van der Waals surface area contributed by atoms with Crippen molar-refractivity contribution in [3.05, 3.63) is 0 Å². The van der Waals surface area contributed by atoms with E-state index in [4.69, 9.17) is 9.47 Å². The average molecular weight is 462 g/mol. The first kappa shape index (κ1) is 26.2. The molecule has 0 saturated heterocycles. The molecule has 0 aromatic heterocycles. The van der Waals surface area contributed by atoms with Gasteiger partial charge in [0.2, 0.25) is 0 Å². The van der Waals surface area contributed by atoms with E-state index >= 15 is 0 Å². The van der Waals surface area contributed by atoms with E-state index in [2.05, 4.69) is 0 Å². The van der Waals surface area contributed by atoms with E-state index in [0.29, 0.717) is 19.3 Å². The van der Waals surface area contributed by atoms with Gasteiger partial charge in [-0.15, -0.1) is 0 Å². The van der Waals surface area contributed by atoms with Crippen LogP contribution in [-0.2, 0) is 14.3 Å². The minimum Gasteiger partial charge on any atom is -0.459 e. The molecule has 2 aliphatic rings. The van der Waals surface area contributed by atoms with Gasteiger partial charge in [-0.1, -0.05) is 6.92 Å². The third-order valence-corrected chi connectivity index (χ3v) is 6.67. The molecule has 0 aliphatic heterocycles. The number of carbonyl (C=O) groups is 1. The number of alkyl halides is 6. The van der Waals surface area contributed by atoms with Gasteiger partial charge in [0.25, 0.3) is 5.60 Å². The molecule has 1 N–H and O–H groups in total. The summed E-state index contributed by atoms with van der Waals surface area (Å²) in [5, 5.41) is 9.59. The Morgan fingerprint density at radius 3 is 1.94 bits per heavy atom. The Bertz CT molecular complexity index is 640. The van der Waals surface area contributed by atoms with Crippen molar-refractivity contribution in [1.82, 2.24) is 0 Å². The lowest BCUT2D eigenvalue weighted by Crippen LogP contribution is -2.58. The molecule has 10 heteroatoms. The van der Waals surface area contributed by atoms with E-state index in [-0.39, 0.29) is 18.9 Å². The van der Waals surface area contributed by atoms with Crippen LogP contribution in [0.5, 0.6) is 0 Å². The highest BCUT2D eigenvalue weighted by Gasteiger charge is 2.71. The standard InChI is InChI=1S/C21H32F6O4/c1-6-18(5,16(28)31-17(2,3)4)11-30-15-9-12-7-13(14(15)8-12)10-19(29,20(22,23)24)21(25,26)27/h12-15,29H,6-11H2,1-5H3. The summed E-state index contributed by atoms with van der Waals surface area (Å²) in [6.07, 6.45) is -12.1. The van der Waals surface area contributed by atoms with E-state index in [0.717, 1.165) is 0 Å². The monoisotopic (exact) mass is 462 g/mol. The van der Waals surface area contributed by atoms with Crippen LogP contribution in [0.2, 0.25) is 0 Å². The average Bonchev–Trinajstić information content (AvgIpc) is 3.15. The van der Waals surface area contributed by atoms with Crippen LogP contribution < -0.4 is 0 Å². The van der Waals surface area contributed by atoms with Crippen LogP contribution in [0.4, 0.5) is 26.3 Å². The zero-order valence-corrected chi connectivity index (χ0v) is 18.5. The van der Waals surface area contributed by atoms with Crippen molar-refractivity contribution in [2.75, 3.05) is 6.61 Å². The Morgan fingerprint density at radius 1 is 0.968 bits per heavy atom. The second kappa shape index (κ2) is 8.39. The Hall–Kier alpha value is -1.03. The van der Waals surface area contributed by atoms with Gasteiger partial charge < -0.3 is 14.6 Å². The van der Waals surface area contributed by atoms with Crippen LogP contribution in [0.25, 0.3) is 0 Å². The minimum atomic E-state index is -5.82. The number of halogens is 6. The van der Waals surface area contributed by atoms with Crippen molar-refractivity contribution in [2.24, 2.45) is 23.2 Å². The fourth-order valence-corrected chi connectivity index (χ4v) is 4.62. The van der Waals surface area contributed by atoms with Gasteiger partial charge in [0.1, 0.15) is 5.60 Å². The molecule has 2 saturated carbocycles. The Kier molecular flexibility index (Phi) is 7.10. The fraction of sp³-hybridized carbons (Fsp3) is 0.952. The molecule has 31 heavy (non-hydrogen) atoms. The number of hydrogen-bond donors (Lipinski definition) is 1. The molecule has 0 radical (unpaired) electrons. The molecule has 2 rings (SSSR count). The molecule has 5 unspecified atom stereocenters. The maximum absolute atomic E-state index is 13.1. The number of fused-ring (bicyclic) bond motifs is 2. The third kappa shape index (κ3) is 5.49. The molecule has 0 amide bonds. The molecule has 0 aromatic rings. The first-order valence-corrected chi connectivity index (χ1v) is 10.5. The molecule has 2 bridgehead atoms. The predicted molar refractivity (Wildman–Crippen MR) is 100.0 cm³/mol. The Balaban J connectivity index is 2.09. The first-order valence-electron chi connectivity index (χ1n) is 10.5. The second-order valence-electron chi connectivity index (χ2n) is 10.3. The maximum Gasteiger partial charge on any atom is 0.426 e. The van der Waals surface area contributed by atoms with Crippen LogP contribution in [0, 0.1) is 23.2 Å². The highest BCUT2D eigenvalue weighted by atomic mass is 19.4. The smallest absolute Gasteiger partial charge is 0.426 e. The van der Waals surface area contributed by atoms with Crippen LogP contribution in [0.1, 0.15) is 66.7 Å². The molecular weight excluding hydrogens is 430 g/mol. The number of hydrogen-bond acceptors (Lipinski definition) is 4. The van der Waals surface area contributed by atoms with E-state index in [1.165, 1.54) is 0 Å². The molecule has 0 aromatic carbocycles.